The fourth-order valence-electron chi connectivity index (χ4n) is 3.42. The summed E-state index contributed by atoms with van der Waals surface area (Å²) in [6.07, 6.45) is 1.23. The number of aromatic nitrogens is 3. The van der Waals surface area contributed by atoms with Crippen molar-refractivity contribution >= 4 is 11.9 Å². The topological polar surface area (TPSA) is 100 Å². The fraction of sp³-hybridized carbons (Fsp3) is 0.167. The van der Waals surface area contributed by atoms with E-state index in [0.29, 0.717) is 5.56 Å². The number of carbonyl (C=O) groups is 1. The van der Waals surface area contributed by atoms with Crippen LogP contribution >= 0.6 is 0 Å². The summed E-state index contributed by atoms with van der Waals surface area (Å²) in [5.41, 5.74) is -0.723. The molecular weight excluding hydrogens is 320 g/mol. The number of rotatable bonds is 3. The standard InChI is InChI=1S/C18H16N4O3/c23-16(24)18(25)14(12-7-3-1-4-8-12)15(13-9-5-2-6-10-13)21-17-19-11-20-22(17)18/h1-11,14-15,25H,(H,23,24)(H,19,20,21)/t14-,15-,18+/m0/s1. The van der Waals surface area contributed by atoms with Gasteiger partial charge in [0.25, 0.3) is 5.72 Å². The van der Waals surface area contributed by atoms with Gasteiger partial charge in [-0.25, -0.2) is 4.79 Å². The second kappa shape index (κ2) is 5.71. The van der Waals surface area contributed by atoms with E-state index >= 15 is 0 Å². The van der Waals surface area contributed by atoms with Crippen molar-refractivity contribution in [2.24, 2.45) is 0 Å². The first-order valence-electron chi connectivity index (χ1n) is 7.85. The number of fused-ring (bicyclic) bond motifs is 1. The van der Waals surface area contributed by atoms with Crippen LogP contribution in [0.2, 0.25) is 0 Å². The van der Waals surface area contributed by atoms with E-state index in [0.717, 1.165) is 10.2 Å². The van der Waals surface area contributed by atoms with Crippen LogP contribution in [0, 0.1) is 0 Å². The molecule has 7 heteroatoms. The van der Waals surface area contributed by atoms with Crippen LogP contribution in [0.5, 0.6) is 0 Å². The zero-order valence-corrected chi connectivity index (χ0v) is 13.1. The Morgan fingerprint density at radius 3 is 2.24 bits per heavy atom. The largest absolute Gasteiger partial charge is 0.478 e. The molecule has 0 saturated carbocycles. The summed E-state index contributed by atoms with van der Waals surface area (Å²) in [7, 11) is 0. The van der Waals surface area contributed by atoms with E-state index in [1.165, 1.54) is 6.33 Å². The van der Waals surface area contributed by atoms with Crippen LogP contribution in [0.1, 0.15) is 23.1 Å². The van der Waals surface area contributed by atoms with E-state index in [-0.39, 0.29) is 5.95 Å². The van der Waals surface area contributed by atoms with Gasteiger partial charge >= 0.3 is 5.97 Å². The molecule has 0 fully saturated rings. The molecule has 126 valence electrons. The van der Waals surface area contributed by atoms with Gasteiger partial charge in [0.15, 0.2) is 0 Å². The Kier molecular flexibility index (Phi) is 3.51. The highest BCUT2D eigenvalue weighted by Gasteiger charge is 2.56. The Balaban J connectivity index is 1.97. The van der Waals surface area contributed by atoms with Crippen molar-refractivity contribution < 1.29 is 15.0 Å². The fourth-order valence-corrected chi connectivity index (χ4v) is 3.42. The normalized spacial score (nSPS) is 25.0. The molecule has 0 bridgehead atoms. The maximum atomic E-state index is 12.1. The van der Waals surface area contributed by atoms with E-state index < -0.39 is 23.7 Å². The number of nitrogens with one attached hydrogen (secondary N) is 1. The van der Waals surface area contributed by atoms with Gasteiger partial charge in [0.05, 0.1) is 12.0 Å². The van der Waals surface area contributed by atoms with E-state index in [9.17, 15) is 15.0 Å². The Morgan fingerprint density at radius 1 is 1.04 bits per heavy atom. The van der Waals surface area contributed by atoms with Crippen LogP contribution in [-0.2, 0) is 10.5 Å². The number of anilines is 1. The van der Waals surface area contributed by atoms with Crippen LogP contribution in [0.15, 0.2) is 67.0 Å². The lowest BCUT2D eigenvalue weighted by Gasteiger charge is -2.42. The third-order valence-electron chi connectivity index (χ3n) is 4.55. The maximum absolute atomic E-state index is 12.1. The van der Waals surface area contributed by atoms with Gasteiger partial charge < -0.3 is 15.5 Å². The smallest absolute Gasteiger partial charge is 0.360 e. The van der Waals surface area contributed by atoms with Gasteiger partial charge in [-0.05, 0) is 11.1 Å². The Bertz CT molecular complexity index is 897. The molecule has 3 atom stereocenters. The van der Waals surface area contributed by atoms with Crippen molar-refractivity contribution in [2.75, 3.05) is 5.32 Å². The quantitative estimate of drug-likeness (QED) is 0.676. The second-order valence-corrected chi connectivity index (χ2v) is 5.95. The van der Waals surface area contributed by atoms with Crippen LogP contribution in [0.25, 0.3) is 0 Å². The highest BCUT2D eigenvalue weighted by Crippen LogP contribution is 2.47. The van der Waals surface area contributed by atoms with E-state index in [1.54, 1.807) is 12.1 Å². The lowest BCUT2D eigenvalue weighted by Crippen LogP contribution is -2.54. The number of carboxylic acids is 1. The zero-order valence-electron chi connectivity index (χ0n) is 13.1. The molecule has 4 rings (SSSR count). The number of hydrogen-bond acceptors (Lipinski definition) is 5. The molecule has 1 aliphatic heterocycles. The number of carboxylic acid groups (broad SMARTS) is 1. The van der Waals surface area contributed by atoms with Crippen molar-refractivity contribution in [2.45, 2.75) is 17.7 Å². The minimum absolute atomic E-state index is 0.214. The molecule has 1 aromatic heterocycles. The molecule has 0 radical (unpaired) electrons. The third kappa shape index (κ3) is 2.28. The summed E-state index contributed by atoms with van der Waals surface area (Å²) >= 11 is 0. The van der Waals surface area contributed by atoms with Gasteiger partial charge in [-0.1, -0.05) is 60.7 Å². The molecule has 7 nitrogen and oxygen atoms in total. The summed E-state index contributed by atoms with van der Waals surface area (Å²) in [5.74, 6) is -1.97. The monoisotopic (exact) mass is 336 g/mol. The van der Waals surface area contributed by atoms with Gasteiger partial charge in [0, 0.05) is 0 Å². The Morgan fingerprint density at radius 2 is 1.64 bits per heavy atom. The van der Waals surface area contributed by atoms with Gasteiger partial charge in [-0.15, -0.1) is 0 Å². The lowest BCUT2D eigenvalue weighted by atomic mass is 9.78. The van der Waals surface area contributed by atoms with E-state index in [1.807, 2.05) is 48.5 Å². The van der Waals surface area contributed by atoms with Gasteiger partial charge in [-0.2, -0.15) is 14.8 Å². The lowest BCUT2D eigenvalue weighted by molar-refractivity contribution is -0.179. The number of benzene rings is 2. The first-order chi connectivity index (χ1) is 12.1. The summed E-state index contributed by atoms with van der Waals surface area (Å²) in [6, 6.07) is 18.0. The molecule has 0 aliphatic carbocycles. The molecule has 0 saturated heterocycles. The van der Waals surface area contributed by atoms with Gasteiger partial charge in [-0.3, -0.25) is 0 Å². The minimum atomic E-state index is -2.26. The number of nitrogens with zero attached hydrogens (tertiary/aromatic N) is 3. The van der Waals surface area contributed by atoms with Crippen LogP contribution < -0.4 is 5.32 Å². The summed E-state index contributed by atoms with van der Waals surface area (Å²) in [4.78, 5) is 16.2. The van der Waals surface area contributed by atoms with E-state index in [2.05, 4.69) is 15.4 Å². The highest BCUT2D eigenvalue weighted by molar-refractivity contribution is 5.78. The molecule has 2 aromatic carbocycles. The van der Waals surface area contributed by atoms with Crippen molar-refractivity contribution in [3.63, 3.8) is 0 Å². The molecule has 25 heavy (non-hydrogen) atoms. The predicted molar refractivity (Wildman–Crippen MR) is 89.8 cm³/mol. The first kappa shape index (κ1) is 15.3. The number of aliphatic carboxylic acids is 1. The second-order valence-electron chi connectivity index (χ2n) is 5.95. The Hall–Kier alpha value is -3.19. The van der Waals surface area contributed by atoms with E-state index in [4.69, 9.17) is 0 Å². The highest BCUT2D eigenvalue weighted by atomic mass is 16.4. The van der Waals surface area contributed by atoms with Crippen LogP contribution in [-0.4, -0.2) is 30.9 Å². The third-order valence-corrected chi connectivity index (χ3v) is 4.55. The molecule has 0 spiro atoms. The molecule has 1 aliphatic rings. The molecule has 3 N–H and O–H groups in total. The SMILES string of the molecule is O=C(O)[C@]1(O)[C@@H](c2ccccc2)[C@H](c2ccccc2)Nc2ncnn21. The Labute approximate surface area is 143 Å². The first-order valence-corrected chi connectivity index (χ1v) is 7.85. The van der Waals surface area contributed by atoms with Crippen molar-refractivity contribution in [1.82, 2.24) is 14.8 Å². The average Bonchev–Trinajstić information content (AvgIpc) is 3.12. The average molecular weight is 336 g/mol. The van der Waals surface area contributed by atoms with Crippen molar-refractivity contribution in [3.8, 4) is 0 Å². The van der Waals surface area contributed by atoms with Crippen molar-refractivity contribution in [3.05, 3.63) is 78.1 Å². The number of hydrogen-bond donors (Lipinski definition) is 3. The molecular formula is C18H16N4O3. The summed E-state index contributed by atoms with van der Waals surface area (Å²) < 4.78 is 1.03. The zero-order chi connectivity index (χ0) is 17.4. The summed E-state index contributed by atoms with van der Waals surface area (Å²) in [5, 5.41) is 28.3. The minimum Gasteiger partial charge on any atom is -0.478 e. The van der Waals surface area contributed by atoms with Gasteiger partial charge in [0.2, 0.25) is 5.95 Å². The number of aliphatic hydroxyl groups is 1. The summed E-state index contributed by atoms with van der Waals surface area (Å²) in [6.45, 7) is 0. The molecule has 0 unspecified atom stereocenters. The molecule has 2 heterocycles. The molecule has 3 aromatic rings. The maximum Gasteiger partial charge on any atom is 0.360 e. The van der Waals surface area contributed by atoms with Crippen molar-refractivity contribution in [1.29, 1.82) is 0 Å². The predicted octanol–water partition coefficient (Wildman–Crippen LogP) is 1.96. The molecule has 0 amide bonds. The van der Waals surface area contributed by atoms with Gasteiger partial charge in [0.1, 0.15) is 6.33 Å². The van der Waals surface area contributed by atoms with Crippen LogP contribution in [0.3, 0.4) is 0 Å². The van der Waals surface area contributed by atoms with Crippen LogP contribution in [0.4, 0.5) is 5.95 Å².